The highest BCUT2D eigenvalue weighted by atomic mass is 19.2. The van der Waals surface area contributed by atoms with E-state index in [1.165, 1.54) is 11.0 Å². The lowest BCUT2D eigenvalue weighted by atomic mass is 10.1. The van der Waals surface area contributed by atoms with E-state index in [0.29, 0.717) is 16.9 Å². The van der Waals surface area contributed by atoms with Crippen LogP contribution in [0.4, 0.5) is 14.5 Å². The molecule has 1 heterocycles. The fourth-order valence-electron chi connectivity index (χ4n) is 2.16. The molecule has 1 atom stereocenters. The van der Waals surface area contributed by atoms with E-state index in [-0.39, 0.29) is 5.91 Å². The Balaban J connectivity index is 2.26. The Morgan fingerprint density at radius 2 is 1.95 bits per heavy atom. The van der Waals surface area contributed by atoms with Crippen LogP contribution in [0.25, 0.3) is 0 Å². The van der Waals surface area contributed by atoms with Crippen molar-refractivity contribution in [3.63, 3.8) is 0 Å². The Morgan fingerprint density at radius 1 is 1.29 bits per heavy atom. The zero-order valence-corrected chi connectivity index (χ0v) is 12.1. The Labute approximate surface area is 121 Å². The Kier molecular flexibility index (Phi) is 3.97. The zero-order chi connectivity index (χ0) is 15.7. The summed E-state index contributed by atoms with van der Waals surface area (Å²) in [4.78, 5) is 13.9. The van der Waals surface area contributed by atoms with E-state index < -0.39 is 17.7 Å². The average Bonchev–Trinajstić information content (AvgIpc) is 2.78. The first kappa shape index (κ1) is 15.0. The molecule has 1 aromatic carbocycles. The van der Waals surface area contributed by atoms with Crippen molar-refractivity contribution < 1.29 is 13.6 Å². The van der Waals surface area contributed by atoms with Gasteiger partial charge in [-0.1, -0.05) is 6.07 Å². The molecule has 0 fully saturated rings. The summed E-state index contributed by atoms with van der Waals surface area (Å²) in [5.41, 5.74) is 7.11. The molecule has 2 aromatic rings. The van der Waals surface area contributed by atoms with Crippen LogP contribution in [0, 0.1) is 11.6 Å². The molecule has 0 bridgehead atoms. The van der Waals surface area contributed by atoms with Crippen molar-refractivity contribution in [2.45, 2.75) is 13.0 Å². The fraction of sp³-hybridized carbons (Fsp3) is 0.267. The van der Waals surface area contributed by atoms with Gasteiger partial charge in [0.25, 0.3) is 5.91 Å². The number of aryl methyl sites for hydroxylation is 1. The van der Waals surface area contributed by atoms with E-state index in [0.717, 1.165) is 12.1 Å². The van der Waals surface area contributed by atoms with Crippen molar-refractivity contribution >= 4 is 11.6 Å². The largest absolute Gasteiger partial charge is 0.397 e. The maximum absolute atomic E-state index is 13.3. The third kappa shape index (κ3) is 2.89. The number of amides is 1. The number of anilines is 1. The molecule has 0 spiro atoms. The minimum Gasteiger partial charge on any atom is -0.397 e. The van der Waals surface area contributed by atoms with Gasteiger partial charge in [-0.25, -0.2) is 8.78 Å². The molecule has 0 aliphatic rings. The average molecular weight is 293 g/mol. The minimum absolute atomic E-state index is 0.244. The molecule has 112 valence electrons. The number of nitrogen functional groups attached to an aromatic ring is 1. The van der Waals surface area contributed by atoms with Gasteiger partial charge in [0.1, 0.15) is 5.69 Å². The molecular formula is C15H17F2N3O. The van der Waals surface area contributed by atoms with Crippen molar-refractivity contribution in [2.75, 3.05) is 12.8 Å². The fourth-order valence-corrected chi connectivity index (χ4v) is 2.16. The first-order valence-corrected chi connectivity index (χ1v) is 6.45. The molecule has 0 saturated carbocycles. The van der Waals surface area contributed by atoms with Crippen LogP contribution in [0.5, 0.6) is 0 Å². The SMILES string of the molecule is CC(c1ccc(F)c(F)c1)N(C)C(=O)c1cc(N)cn1C. The van der Waals surface area contributed by atoms with Crippen LogP contribution in [-0.2, 0) is 7.05 Å². The summed E-state index contributed by atoms with van der Waals surface area (Å²) in [5, 5.41) is 0. The lowest BCUT2D eigenvalue weighted by Gasteiger charge is -2.25. The van der Waals surface area contributed by atoms with E-state index in [1.807, 2.05) is 0 Å². The number of benzene rings is 1. The van der Waals surface area contributed by atoms with Gasteiger partial charge in [-0.2, -0.15) is 0 Å². The van der Waals surface area contributed by atoms with Crippen molar-refractivity contribution in [1.29, 1.82) is 0 Å². The monoisotopic (exact) mass is 293 g/mol. The standard InChI is InChI=1S/C15H17F2N3O/c1-9(10-4-5-12(16)13(17)6-10)20(3)15(21)14-7-11(18)8-19(14)2/h4-9H,18H2,1-3H3. The van der Waals surface area contributed by atoms with Crippen molar-refractivity contribution in [3.05, 3.63) is 53.4 Å². The third-order valence-corrected chi connectivity index (χ3v) is 3.57. The number of rotatable bonds is 3. The van der Waals surface area contributed by atoms with E-state index in [1.54, 1.807) is 37.8 Å². The molecule has 4 nitrogen and oxygen atoms in total. The highest BCUT2D eigenvalue weighted by molar-refractivity contribution is 5.93. The van der Waals surface area contributed by atoms with Crippen LogP contribution in [0.2, 0.25) is 0 Å². The number of halogens is 2. The predicted molar refractivity (Wildman–Crippen MR) is 76.7 cm³/mol. The second-order valence-electron chi connectivity index (χ2n) is 5.04. The van der Waals surface area contributed by atoms with Gasteiger partial charge in [0.15, 0.2) is 11.6 Å². The highest BCUT2D eigenvalue weighted by Gasteiger charge is 2.22. The molecule has 2 rings (SSSR count). The molecule has 0 aliphatic carbocycles. The normalized spacial score (nSPS) is 12.2. The van der Waals surface area contributed by atoms with Crippen LogP contribution in [0.15, 0.2) is 30.5 Å². The highest BCUT2D eigenvalue weighted by Crippen LogP contribution is 2.23. The van der Waals surface area contributed by atoms with Crippen molar-refractivity contribution in [2.24, 2.45) is 7.05 Å². The van der Waals surface area contributed by atoms with Crippen LogP contribution in [0.1, 0.15) is 29.0 Å². The van der Waals surface area contributed by atoms with Gasteiger partial charge in [-0.05, 0) is 30.7 Å². The van der Waals surface area contributed by atoms with Gasteiger partial charge in [0.05, 0.1) is 11.7 Å². The summed E-state index contributed by atoms with van der Waals surface area (Å²) in [6, 6.07) is 4.80. The zero-order valence-electron chi connectivity index (χ0n) is 12.1. The summed E-state index contributed by atoms with van der Waals surface area (Å²) in [7, 11) is 3.33. The Hall–Kier alpha value is -2.37. The van der Waals surface area contributed by atoms with Gasteiger partial charge in [-0.3, -0.25) is 4.79 Å². The first-order valence-electron chi connectivity index (χ1n) is 6.45. The predicted octanol–water partition coefficient (Wildman–Crippen LogP) is 2.72. The number of aromatic nitrogens is 1. The first-order chi connectivity index (χ1) is 9.81. The minimum atomic E-state index is -0.927. The summed E-state index contributed by atoms with van der Waals surface area (Å²) in [6.45, 7) is 1.75. The number of hydrogen-bond acceptors (Lipinski definition) is 2. The molecule has 1 aromatic heterocycles. The van der Waals surface area contributed by atoms with Gasteiger partial charge >= 0.3 is 0 Å². The van der Waals surface area contributed by atoms with Crippen molar-refractivity contribution in [3.8, 4) is 0 Å². The lowest BCUT2D eigenvalue weighted by molar-refractivity contribution is 0.0732. The molecule has 6 heteroatoms. The van der Waals surface area contributed by atoms with Crippen LogP contribution in [0.3, 0.4) is 0 Å². The van der Waals surface area contributed by atoms with Gasteiger partial charge < -0.3 is 15.2 Å². The molecule has 1 amide bonds. The number of carbonyl (C=O) groups excluding carboxylic acids is 1. The number of nitrogens with two attached hydrogens (primary N) is 1. The summed E-state index contributed by atoms with van der Waals surface area (Å²) in [6.07, 6.45) is 1.64. The summed E-state index contributed by atoms with van der Waals surface area (Å²) < 4.78 is 27.9. The number of hydrogen-bond donors (Lipinski definition) is 1. The van der Waals surface area contributed by atoms with Gasteiger partial charge in [-0.15, -0.1) is 0 Å². The molecule has 0 saturated heterocycles. The molecule has 0 aliphatic heterocycles. The molecule has 2 N–H and O–H groups in total. The Morgan fingerprint density at radius 3 is 2.48 bits per heavy atom. The molecule has 0 radical (unpaired) electrons. The smallest absolute Gasteiger partial charge is 0.270 e. The van der Waals surface area contributed by atoms with E-state index >= 15 is 0 Å². The Bertz CT molecular complexity index is 682. The molecule has 21 heavy (non-hydrogen) atoms. The second-order valence-corrected chi connectivity index (χ2v) is 5.04. The van der Waals surface area contributed by atoms with Crippen LogP contribution in [-0.4, -0.2) is 22.4 Å². The quantitative estimate of drug-likeness (QED) is 0.946. The molecule has 1 unspecified atom stereocenters. The van der Waals surface area contributed by atoms with E-state index in [4.69, 9.17) is 5.73 Å². The lowest BCUT2D eigenvalue weighted by Crippen LogP contribution is -2.31. The van der Waals surface area contributed by atoms with Gasteiger partial charge in [0.2, 0.25) is 0 Å². The maximum atomic E-state index is 13.3. The van der Waals surface area contributed by atoms with Crippen LogP contribution < -0.4 is 5.73 Å². The summed E-state index contributed by atoms with van der Waals surface area (Å²) in [5.74, 6) is -2.08. The maximum Gasteiger partial charge on any atom is 0.270 e. The second kappa shape index (κ2) is 5.55. The third-order valence-electron chi connectivity index (χ3n) is 3.57. The van der Waals surface area contributed by atoms with Crippen LogP contribution >= 0.6 is 0 Å². The number of carbonyl (C=O) groups is 1. The van der Waals surface area contributed by atoms with Crippen molar-refractivity contribution in [1.82, 2.24) is 9.47 Å². The van der Waals surface area contributed by atoms with E-state index in [2.05, 4.69) is 0 Å². The molecular weight excluding hydrogens is 276 g/mol. The number of nitrogens with zero attached hydrogens (tertiary/aromatic N) is 2. The van der Waals surface area contributed by atoms with Gasteiger partial charge in [0, 0.05) is 20.3 Å². The van der Waals surface area contributed by atoms with E-state index in [9.17, 15) is 13.6 Å². The topological polar surface area (TPSA) is 51.3 Å². The summed E-state index contributed by atoms with van der Waals surface area (Å²) >= 11 is 0.